The first-order valence-electron chi connectivity index (χ1n) is 6.32. The number of hydrogen-bond acceptors (Lipinski definition) is 5. The van der Waals surface area contributed by atoms with E-state index in [1.807, 2.05) is 6.20 Å². The summed E-state index contributed by atoms with van der Waals surface area (Å²) in [4.78, 5) is 17.4. The van der Waals surface area contributed by atoms with Gasteiger partial charge in [0.25, 0.3) is 0 Å². The van der Waals surface area contributed by atoms with E-state index in [0.29, 0.717) is 19.8 Å². The van der Waals surface area contributed by atoms with Gasteiger partial charge in [-0.05, 0) is 6.42 Å². The van der Waals surface area contributed by atoms with Crippen molar-refractivity contribution in [1.29, 1.82) is 0 Å². The molecule has 1 amide bonds. The first-order valence-corrected chi connectivity index (χ1v) is 7.13. The summed E-state index contributed by atoms with van der Waals surface area (Å²) in [6.07, 6.45) is 3.73. The highest BCUT2D eigenvalue weighted by Gasteiger charge is 2.20. The number of morpholine rings is 1. The van der Waals surface area contributed by atoms with Crippen molar-refractivity contribution in [2.24, 2.45) is 0 Å². The lowest BCUT2D eigenvalue weighted by Crippen LogP contribution is -2.51. The molecule has 5 nitrogen and oxygen atoms in total. The van der Waals surface area contributed by atoms with Crippen molar-refractivity contribution in [3.8, 4) is 0 Å². The van der Waals surface area contributed by atoms with Crippen LogP contribution in [-0.2, 0) is 22.4 Å². The predicted octanol–water partition coefficient (Wildman–Crippen LogP) is 0.353. The van der Waals surface area contributed by atoms with E-state index < -0.39 is 0 Å². The van der Waals surface area contributed by atoms with Crippen molar-refractivity contribution in [2.45, 2.75) is 25.8 Å². The minimum absolute atomic E-state index is 0.0157. The topological polar surface area (TPSA) is 63.2 Å². The van der Waals surface area contributed by atoms with Gasteiger partial charge >= 0.3 is 0 Å². The third kappa shape index (κ3) is 3.76. The fourth-order valence-corrected chi connectivity index (χ4v) is 2.64. The van der Waals surface area contributed by atoms with Crippen LogP contribution >= 0.6 is 11.3 Å². The maximum absolute atomic E-state index is 11.8. The summed E-state index contributed by atoms with van der Waals surface area (Å²) < 4.78 is 5.25. The summed E-state index contributed by atoms with van der Waals surface area (Å²) in [5, 5.41) is 7.13. The number of ether oxygens (including phenoxy) is 1. The first-order chi connectivity index (χ1) is 8.79. The Kier molecular flexibility index (Phi) is 5.10. The summed E-state index contributed by atoms with van der Waals surface area (Å²) in [5.74, 6) is 0.0157. The zero-order chi connectivity index (χ0) is 12.8. The summed E-state index contributed by atoms with van der Waals surface area (Å²) in [6.45, 7) is 4.64. The molecule has 18 heavy (non-hydrogen) atoms. The van der Waals surface area contributed by atoms with Gasteiger partial charge in [0.2, 0.25) is 5.91 Å². The van der Waals surface area contributed by atoms with Crippen LogP contribution < -0.4 is 10.6 Å². The third-order valence-electron chi connectivity index (χ3n) is 2.83. The Morgan fingerprint density at radius 2 is 2.61 bits per heavy atom. The molecule has 1 aliphatic heterocycles. The van der Waals surface area contributed by atoms with Crippen LogP contribution in [0.2, 0.25) is 0 Å². The van der Waals surface area contributed by atoms with Gasteiger partial charge in [0, 0.05) is 30.6 Å². The first kappa shape index (κ1) is 13.5. The summed E-state index contributed by atoms with van der Waals surface area (Å²) in [6, 6.07) is -0.207. The molecular formula is C12H19N3O2S. The zero-order valence-electron chi connectivity index (χ0n) is 10.6. The Morgan fingerprint density at radius 3 is 3.28 bits per heavy atom. The number of carbonyl (C=O) groups is 1. The molecule has 100 valence electrons. The smallest absolute Gasteiger partial charge is 0.239 e. The molecular weight excluding hydrogens is 250 g/mol. The highest BCUT2D eigenvalue weighted by atomic mass is 32.1. The minimum Gasteiger partial charge on any atom is -0.378 e. The van der Waals surface area contributed by atoms with E-state index in [4.69, 9.17) is 4.74 Å². The van der Waals surface area contributed by atoms with E-state index in [1.165, 1.54) is 4.88 Å². The molecule has 0 aliphatic carbocycles. The Bertz CT molecular complexity index is 388. The number of nitrogens with one attached hydrogen (secondary N) is 2. The molecule has 2 heterocycles. The van der Waals surface area contributed by atoms with E-state index in [0.717, 1.165) is 24.4 Å². The van der Waals surface area contributed by atoms with E-state index in [1.54, 1.807) is 11.3 Å². The Morgan fingerprint density at radius 1 is 1.72 bits per heavy atom. The van der Waals surface area contributed by atoms with Gasteiger partial charge in [-0.1, -0.05) is 6.92 Å². The standard InChI is InChI=1S/C12H19N3O2S/c1-2-9-7-15-11(18-9)3-4-14-12(16)10-8-17-6-5-13-10/h7,10,13H,2-6,8H2,1H3,(H,14,16). The molecule has 0 bridgehead atoms. The summed E-state index contributed by atoms with van der Waals surface area (Å²) >= 11 is 1.72. The highest BCUT2D eigenvalue weighted by Crippen LogP contribution is 2.13. The third-order valence-corrected chi connectivity index (χ3v) is 4.03. The average Bonchev–Trinajstić information content (AvgIpc) is 2.87. The maximum atomic E-state index is 11.8. The van der Waals surface area contributed by atoms with Crippen LogP contribution in [0.4, 0.5) is 0 Å². The Hall–Kier alpha value is -0.980. The molecule has 0 aromatic carbocycles. The van der Waals surface area contributed by atoms with Crippen LogP contribution in [0.5, 0.6) is 0 Å². The van der Waals surface area contributed by atoms with E-state index in [-0.39, 0.29) is 11.9 Å². The lowest BCUT2D eigenvalue weighted by Gasteiger charge is -2.22. The molecule has 1 fully saturated rings. The molecule has 2 N–H and O–H groups in total. The fourth-order valence-electron chi connectivity index (χ4n) is 1.78. The van der Waals surface area contributed by atoms with Crippen LogP contribution in [0.3, 0.4) is 0 Å². The molecule has 2 rings (SSSR count). The number of thiazole rings is 1. The highest BCUT2D eigenvalue weighted by molar-refractivity contribution is 7.11. The second kappa shape index (κ2) is 6.82. The lowest BCUT2D eigenvalue weighted by molar-refractivity contribution is -0.125. The maximum Gasteiger partial charge on any atom is 0.239 e. The number of rotatable bonds is 5. The SMILES string of the molecule is CCc1cnc(CCNC(=O)C2COCCN2)s1. The van der Waals surface area contributed by atoms with Gasteiger partial charge < -0.3 is 15.4 Å². The van der Waals surface area contributed by atoms with Gasteiger partial charge in [-0.25, -0.2) is 4.98 Å². The van der Waals surface area contributed by atoms with Crippen LogP contribution in [0.15, 0.2) is 6.20 Å². The van der Waals surface area contributed by atoms with Crippen LogP contribution in [0.1, 0.15) is 16.8 Å². The molecule has 1 atom stereocenters. The van der Waals surface area contributed by atoms with E-state index in [9.17, 15) is 4.79 Å². The average molecular weight is 269 g/mol. The van der Waals surface area contributed by atoms with Crippen LogP contribution in [0.25, 0.3) is 0 Å². The largest absolute Gasteiger partial charge is 0.378 e. The van der Waals surface area contributed by atoms with Crippen molar-refractivity contribution >= 4 is 17.2 Å². The van der Waals surface area contributed by atoms with Crippen molar-refractivity contribution in [2.75, 3.05) is 26.3 Å². The van der Waals surface area contributed by atoms with Crippen molar-refractivity contribution in [3.63, 3.8) is 0 Å². The van der Waals surface area contributed by atoms with Gasteiger partial charge in [-0.15, -0.1) is 11.3 Å². The van der Waals surface area contributed by atoms with Gasteiger partial charge in [0.15, 0.2) is 0 Å². The van der Waals surface area contributed by atoms with E-state index >= 15 is 0 Å². The number of aryl methyl sites for hydroxylation is 1. The number of amides is 1. The molecule has 6 heteroatoms. The van der Waals surface area contributed by atoms with Crippen LogP contribution in [0, 0.1) is 0 Å². The van der Waals surface area contributed by atoms with Crippen molar-refractivity contribution < 1.29 is 9.53 Å². The zero-order valence-corrected chi connectivity index (χ0v) is 11.4. The molecule has 1 aliphatic rings. The molecule has 1 saturated heterocycles. The van der Waals surface area contributed by atoms with Crippen LogP contribution in [-0.4, -0.2) is 43.2 Å². The summed E-state index contributed by atoms with van der Waals surface area (Å²) in [7, 11) is 0. The number of aromatic nitrogens is 1. The normalized spacial score (nSPS) is 19.7. The second-order valence-electron chi connectivity index (χ2n) is 4.20. The molecule has 0 spiro atoms. The number of nitrogens with zero attached hydrogens (tertiary/aromatic N) is 1. The number of carbonyl (C=O) groups excluding carboxylic acids is 1. The predicted molar refractivity (Wildman–Crippen MR) is 70.8 cm³/mol. The van der Waals surface area contributed by atoms with Crippen molar-refractivity contribution in [1.82, 2.24) is 15.6 Å². The second-order valence-corrected chi connectivity index (χ2v) is 5.40. The molecule has 1 unspecified atom stereocenters. The van der Waals surface area contributed by atoms with Crippen molar-refractivity contribution in [3.05, 3.63) is 16.1 Å². The summed E-state index contributed by atoms with van der Waals surface area (Å²) in [5.41, 5.74) is 0. The quantitative estimate of drug-likeness (QED) is 0.810. The minimum atomic E-state index is -0.207. The fraction of sp³-hybridized carbons (Fsp3) is 0.667. The number of hydrogen-bond donors (Lipinski definition) is 2. The molecule has 0 saturated carbocycles. The van der Waals surface area contributed by atoms with Gasteiger partial charge in [0.05, 0.1) is 18.2 Å². The van der Waals surface area contributed by atoms with Gasteiger partial charge in [0.1, 0.15) is 6.04 Å². The van der Waals surface area contributed by atoms with E-state index in [2.05, 4.69) is 22.5 Å². The van der Waals surface area contributed by atoms with Gasteiger partial charge in [-0.2, -0.15) is 0 Å². The molecule has 1 aromatic heterocycles. The molecule has 1 aromatic rings. The lowest BCUT2D eigenvalue weighted by atomic mass is 10.2. The monoisotopic (exact) mass is 269 g/mol. The van der Waals surface area contributed by atoms with Gasteiger partial charge in [-0.3, -0.25) is 4.79 Å². The molecule has 0 radical (unpaired) electrons. The Labute approximate surface area is 111 Å². The Balaban J connectivity index is 1.69.